The van der Waals surface area contributed by atoms with Crippen LogP contribution in [0.15, 0.2) is 12.3 Å². The van der Waals surface area contributed by atoms with Crippen molar-refractivity contribution in [2.75, 3.05) is 31.2 Å². The number of aliphatic hydroxyl groups is 1. The van der Waals surface area contributed by atoms with Crippen molar-refractivity contribution in [1.29, 1.82) is 0 Å². The maximum atomic E-state index is 9.46. The molecule has 1 aromatic rings. The number of nitrogens with one attached hydrogen (secondary N) is 1. The first-order valence-corrected chi connectivity index (χ1v) is 4.36. The Morgan fingerprint density at radius 1 is 1.69 bits per heavy atom. The van der Waals surface area contributed by atoms with Crippen molar-refractivity contribution in [3.63, 3.8) is 0 Å². The highest BCUT2D eigenvalue weighted by Crippen LogP contribution is 2.11. The number of hydrogen-bond donors (Lipinski definition) is 2. The number of aromatic nitrogens is 2. The lowest BCUT2D eigenvalue weighted by molar-refractivity contribution is 0.0597. The van der Waals surface area contributed by atoms with E-state index in [0.29, 0.717) is 19.8 Å². The van der Waals surface area contributed by atoms with Crippen LogP contribution in [0.3, 0.4) is 0 Å². The molecule has 5 nitrogen and oxygen atoms in total. The molecule has 13 heavy (non-hydrogen) atoms. The van der Waals surface area contributed by atoms with Gasteiger partial charge in [-0.15, -0.1) is 0 Å². The number of β-amino-alcohol motifs (C(OH)–C–C–N with tert-alkyl or cyclic N) is 1. The summed E-state index contributed by atoms with van der Waals surface area (Å²) in [5.41, 5.74) is 0. The number of ether oxygens (including phenoxy) is 1. The van der Waals surface area contributed by atoms with E-state index in [1.54, 1.807) is 6.20 Å². The zero-order valence-electron chi connectivity index (χ0n) is 7.31. The zero-order chi connectivity index (χ0) is 9.10. The van der Waals surface area contributed by atoms with Crippen LogP contribution >= 0.6 is 0 Å². The smallest absolute Gasteiger partial charge is 0.124 e. The first-order valence-electron chi connectivity index (χ1n) is 4.36. The molecule has 2 heterocycles. The van der Waals surface area contributed by atoms with Crippen LogP contribution in [0.2, 0.25) is 0 Å². The fourth-order valence-corrected chi connectivity index (χ4v) is 1.44. The molecule has 0 radical (unpaired) electrons. The van der Waals surface area contributed by atoms with E-state index in [9.17, 15) is 5.11 Å². The molecule has 1 atom stereocenters. The Labute approximate surface area is 76.3 Å². The Balaban J connectivity index is 2.05. The molecule has 1 aliphatic heterocycles. The molecular weight excluding hydrogens is 170 g/mol. The minimum absolute atomic E-state index is 0.411. The van der Waals surface area contributed by atoms with Gasteiger partial charge in [-0.3, -0.25) is 5.10 Å². The Bertz CT molecular complexity index is 250. The summed E-state index contributed by atoms with van der Waals surface area (Å²) in [5.74, 6) is 0.935. The van der Waals surface area contributed by atoms with E-state index in [0.717, 1.165) is 12.4 Å². The van der Waals surface area contributed by atoms with E-state index < -0.39 is 6.10 Å². The highest BCUT2D eigenvalue weighted by molar-refractivity contribution is 5.36. The minimum atomic E-state index is -0.411. The van der Waals surface area contributed by atoms with Gasteiger partial charge in [0.2, 0.25) is 0 Å². The summed E-state index contributed by atoms with van der Waals surface area (Å²) in [6.07, 6.45) is 1.29. The Morgan fingerprint density at radius 2 is 2.62 bits per heavy atom. The first kappa shape index (κ1) is 8.52. The van der Waals surface area contributed by atoms with Gasteiger partial charge < -0.3 is 14.7 Å². The summed E-state index contributed by atoms with van der Waals surface area (Å²) in [7, 11) is 0. The number of nitrogens with zero attached hydrogens (tertiary/aromatic N) is 2. The summed E-state index contributed by atoms with van der Waals surface area (Å²) < 4.78 is 5.21. The van der Waals surface area contributed by atoms with E-state index in [-0.39, 0.29) is 0 Å². The normalized spacial score (nSPS) is 24.4. The maximum absolute atomic E-state index is 9.46. The summed E-state index contributed by atoms with van der Waals surface area (Å²) in [6.45, 7) is 2.46. The third kappa shape index (κ3) is 1.99. The van der Waals surface area contributed by atoms with Crippen molar-refractivity contribution in [3.8, 4) is 0 Å². The molecule has 0 bridgehead atoms. The summed E-state index contributed by atoms with van der Waals surface area (Å²) in [6, 6.07) is 1.89. The molecule has 2 rings (SSSR count). The average molecular weight is 183 g/mol. The third-order valence-electron chi connectivity index (χ3n) is 2.07. The van der Waals surface area contributed by atoms with Crippen LogP contribution in [0.5, 0.6) is 0 Å². The highest BCUT2D eigenvalue weighted by Gasteiger charge is 2.16. The largest absolute Gasteiger partial charge is 0.389 e. The topological polar surface area (TPSA) is 61.4 Å². The third-order valence-corrected chi connectivity index (χ3v) is 2.07. The summed E-state index contributed by atoms with van der Waals surface area (Å²) >= 11 is 0. The Morgan fingerprint density at radius 3 is 3.38 bits per heavy atom. The number of anilines is 1. The zero-order valence-corrected chi connectivity index (χ0v) is 7.31. The molecule has 0 spiro atoms. The van der Waals surface area contributed by atoms with Crippen molar-refractivity contribution < 1.29 is 9.84 Å². The van der Waals surface area contributed by atoms with E-state index in [1.165, 1.54) is 0 Å². The van der Waals surface area contributed by atoms with Crippen LogP contribution in [-0.2, 0) is 4.74 Å². The van der Waals surface area contributed by atoms with Gasteiger partial charge >= 0.3 is 0 Å². The second kappa shape index (κ2) is 3.76. The molecule has 0 aromatic carbocycles. The quantitative estimate of drug-likeness (QED) is 0.622. The van der Waals surface area contributed by atoms with Crippen molar-refractivity contribution in [2.24, 2.45) is 0 Å². The highest BCUT2D eigenvalue weighted by atomic mass is 16.5. The second-order valence-corrected chi connectivity index (χ2v) is 3.12. The van der Waals surface area contributed by atoms with Gasteiger partial charge in [0.1, 0.15) is 5.82 Å². The van der Waals surface area contributed by atoms with Crippen molar-refractivity contribution >= 4 is 5.82 Å². The van der Waals surface area contributed by atoms with Crippen molar-refractivity contribution in [2.45, 2.75) is 6.10 Å². The van der Waals surface area contributed by atoms with Gasteiger partial charge in [-0.2, -0.15) is 5.10 Å². The van der Waals surface area contributed by atoms with Gasteiger partial charge in [0.25, 0.3) is 0 Å². The van der Waals surface area contributed by atoms with Gasteiger partial charge in [-0.05, 0) is 0 Å². The molecule has 5 heteroatoms. The average Bonchev–Trinajstić information content (AvgIpc) is 2.56. The molecule has 0 amide bonds. The monoisotopic (exact) mass is 183 g/mol. The number of aliphatic hydroxyl groups excluding tert-OH is 1. The molecule has 72 valence electrons. The van der Waals surface area contributed by atoms with Gasteiger partial charge in [0, 0.05) is 19.2 Å². The molecule has 1 aliphatic rings. The van der Waals surface area contributed by atoms with Gasteiger partial charge in [-0.1, -0.05) is 0 Å². The Hall–Kier alpha value is -1.07. The van der Waals surface area contributed by atoms with Crippen LogP contribution in [-0.4, -0.2) is 47.7 Å². The molecule has 1 saturated heterocycles. The van der Waals surface area contributed by atoms with Crippen LogP contribution in [0.4, 0.5) is 5.82 Å². The van der Waals surface area contributed by atoms with Crippen molar-refractivity contribution in [3.05, 3.63) is 12.3 Å². The lowest BCUT2D eigenvalue weighted by Gasteiger charge is -2.20. The van der Waals surface area contributed by atoms with Gasteiger partial charge in [0.15, 0.2) is 0 Å². The molecule has 1 aromatic heterocycles. The van der Waals surface area contributed by atoms with E-state index in [1.807, 2.05) is 11.0 Å². The second-order valence-electron chi connectivity index (χ2n) is 3.12. The number of rotatable bonds is 1. The number of aromatic amines is 1. The molecular formula is C8H13N3O2. The molecule has 1 fully saturated rings. The minimum Gasteiger partial charge on any atom is -0.389 e. The van der Waals surface area contributed by atoms with E-state index >= 15 is 0 Å². The number of H-pyrrole nitrogens is 1. The molecule has 2 N–H and O–H groups in total. The van der Waals surface area contributed by atoms with E-state index in [2.05, 4.69) is 10.2 Å². The fraction of sp³-hybridized carbons (Fsp3) is 0.625. The lowest BCUT2D eigenvalue weighted by Crippen LogP contribution is -2.32. The Kier molecular flexibility index (Phi) is 2.47. The molecule has 0 aliphatic carbocycles. The van der Waals surface area contributed by atoms with Gasteiger partial charge in [0.05, 0.1) is 25.5 Å². The SMILES string of the molecule is OC1COCCN(c2ccn[nH]2)C1. The summed E-state index contributed by atoms with van der Waals surface area (Å²) in [5, 5.41) is 16.2. The first-order chi connectivity index (χ1) is 6.36. The predicted molar refractivity (Wildman–Crippen MR) is 47.6 cm³/mol. The lowest BCUT2D eigenvalue weighted by atomic mass is 10.3. The molecule has 1 unspecified atom stereocenters. The van der Waals surface area contributed by atoms with Gasteiger partial charge in [-0.25, -0.2) is 0 Å². The van der Waals surface area contributed by atoms with Crippen LogP contribution in [0.25, 0.3) is 0 Å². The summed E-state index contributed by atoms with van der Waals surface area (Å²) in [4.78, 5) is 2.03. The molecule has 0 saturated carbocycles. The maximum Gasteiger partial charge on any atom is 0.124 e. The predicted octanol–water partition coefficient (Wildman–Crippen LogP) is -0.393. The fourth-order valence-electron chi connectivity index (χ4n) is 1.44. The van der Waals surface area contributed by atoms with Crippen molar-refractivity contribution in [1.82, 2.24) is 10.2 Å². The number of hydrogen-bond acceptors (Lipinski definition) is 4. The van der Waals surface area contributed by atoms with Crippen LogP contribution in [0, 0.1) is 0 Å². The van der Waals surface area contributed by atoms with Crippen LogP contribution < -0.4 is 4.90 Å². The van der Waals surface area contributed by atoms with E-state index in [4.69, 9.17) is 4.74 Å². The van der Waals surface area contributed by atoms with Crippen LogP contribution in [0.1, 0.15) is 0 Å². The standard InChI is InChI=1S/C8H13N3O2/c12-7-5-11(3-4-13-6-7)8-1-2-9-10-8/h1-2,7,12H,3-6H2,(H,9,10).